The lowest BCUT2D eigenvalue weighted by Crippen LogP contribution is -2.14. The van der Waals surface area contributed by atoms with Crippen LogP contribution in [0.4, 0.5) is 5.69 Å². The molecule has 0 aliphatic carbocycles. The highest BCUT2D eigenvalue weighted by molar-refractivity contribution is 6.09. The lowest BCUT2D eigenvalue weighted by atomic mass is 9.99. The van der Waals surface area contributed by atoms with Gasteiger partial charge >= 0.3 is 0 Å². The lowest BCUT2D eigenvalue weighted by Gasteiger charge is -2.11. The number of carbonyl (C=O) groups is 2. The van der Waals surface area contributed by atoms with Crippen LogP contribution in [0.25, 0.3) is 11.1 Å². The molecule has 0 fully saturated rings. The van der Waals surface area contributed by atoms with Crippen molar-refractivity contribution in [2.24, 2.45) is 0 Å². The van der Waals surface area contributed by atoms with Crippen LogP contribution in [0.3, 0.4) is 0 Å². The summed E-state index contributed by atoms with van der Waals surface area (Å²) < 4.78 is 11.9. The maximum atomic E-state index is 12.9. The Balaban J connectivity index is 1.24. The number of benzene rings is 5. The van der Waals surface area contributed by atoms with Crippen molar-refractivity contribution < 1.29 is 19.1 Å². The molecule has 5 aromatic carbocycles. The second-order valence-corrected chi connectivity index (χ2v) is 8.76. The van der Waals surface area contributed by atoms with E-state index in [1.54, 1.807) is 36.4 Å². The highest BCUT2D eigenvalue weighted by Crippen LogP contribution is 2.29. The molecule has 0 saturated carbocycles. The first-order chi connectivity index (χ1) is 18.6. The molecule has 38 heavy (non-hydrogen) atoms. The summed E-state index contributed by atoms with van der Waals surface area (Å²) >= 11 is 0. The van der Waals surface area contributed by atoms with Gasteiger partial charge in [-0.15, -0.1) is 0 Å². The molecule has 0 unspecified atom stereocenters. The van der Waals surface area contributed by atoms with Gasteiger partial charge in [0.25, 0.3) is 5.91 Å². The Labute approximate surface area is 221 Å². The van der Waals surface area contributed by atoms with E-state index in [9.17, 15) is 9.59 Å². The third-order valence-electron chi connectivity index (χ3n) is 5.94. The maximum Gasteiger partial charge on any atom is 0.256 e. The van der Waals surface area contributed by atoms with Crippen molar-refractivity contribution in [1.82, 2.24) is 0 Å². The highest BCUT2D eigenvalue weighted by Gasteiger charge is 2.13. The Bertz CT molecular complexity index is 1560. The van der Waals surface area contributed by atoms with Gasteiger partial charge in [0.15, 0.2) is 6.29 Å². The van der Waals surface area contributed by atoms with Gasteiger partial charge in [-0.25, -0.2) is 0 Å². The van der Waals surface area contributed by atoms with Crippen molar-refractivity contribution >= 4 is 17.9 Å². The number of carbonyl (C=O) groups excluding carboxylic acids is 2. The number of aldehydes is 1. The molecule has 0 radical (unpaired) electrons. The Morgan fingerprint density at radius 3 is 1.89 bits per heavy atom. The normalized spacial score (nSPS) is 10.4. The van der Waals surface area contributed by atoms with Gasteiger partial charge in [-0.1, -0.05) is 60.2 Å². The monoisotopic (exact) mass is 499 g/mol. The minimum atomic E-state index is -0.360. The largest absolute Gasteiger partial charge is 0.457 e. The first kappa shape index (κ1) is 24.5. The van der Waals surface area contributed by atoms with Gasteiger partial charge in [0.05, 0.1) is 5.56 Å². The lowest BCUT2D eigenvalue weighted by molar-refractivity contribution is 0.101. The van der Waals surface area contributed by atoms with Crippen LogP contribution in [0.1, 0.15) is 26.3 Å². The number of nitrogens with one attached hydrogen (secondary N) is 1. The van der Waals surface area contributed by atoms with Crippen molar-refractivity contribution in [3.05, 3.63) is 138 Å². The molecular weight excluding hydrogens is 474 g/mol. The Morgan fingerprint density at radius 1 is 0.632 bits per heavy atom. The number of anilines is 1. The van der Waals surface area contributed by atoms with Crippen LogP contribution >= 0.6 is 0 Å². The fourth-order valence-electron chi connectivity index (χ4n) is 3.96. The van der Waals surface area contributed by atoms with Gasteiger partial charge in [-0.3, -0.25) is 9.59 Å². The maximum absolute atomic E-state index is 12.9. The number of hydrogen-bond acceptors (Lipinski definition) is 4. The first-order valence-corrected chi connectivity index (χ1v) is 12.2. The van der Waals surface area contributed by atoms with E-state index in [-0.39, 0.29) is 5.91 Å². The number of rotatable bonds is 8. The molecule has 0 bridgehead atoms. The summed E-state index contributed by atoms with van der Waals surface area (Å²) in [5.74, 6) is 2.29. The topological polar surface area (TPSA) is 64.6 Å². The van der Waals surface area contributed by atoms with Crippen LogP contribution in [0.15, 0.2) is 121 Å². The molecule has 1 amide bonds. The smallest absolute Gasteiger partial charge is 0.256 e. The fraction of sp³-hybridized carbons (Fsp3) is 0.0303. The van der Waals surface area contributed by atoms with E-state index in [4.69, 9.17) is 9.47 Å². The fourth-order valence-corrected chi connectivity index (χ4v) is 3.96. The third-order valence-corrected chi connectivity index (χ3v) is 5.94. The average Bonchev–Trinajstić information content (AvgIpc) is 2.95. The molecule has 0 aromatic heterocycles. The van der Waals surface area contributed by atoms with E-state index < -0.39 is 0 Å². The van der Waals surface area contributed by atoms with Gasteiger partial charge < -0.3 is 14.8 Å². The van der Waals surface area contributed by atoms with Gasteiger partial charge in [0.1, 0.15) is 23.0 Å². The molecule has 186 valence electrons. The number of hydrogen-bond donors (Lipinski definition) is 1. The van der Waals surface area contributed by atoms with Gasteiger partial charge in [-0.05, 0) is 78.7 Å². The van der Waals surface area contributed by atoms with Crippen LogP contribution in [-0.2, 0) is 0 Å². The number of ether oxygens (including phenoxy) is 2. The van der Waals surface area contributed by atoms with Gasteiger partial charge in [0.2, 0.25) is 0 Å². The summed E-state index contributed by atoms with van der Waals surface area (Å²) in [4.78, 5) is 24.6. The Kier molecular flexibility index (Phi) is 7.27. The zero-order chi connectivity index (χ0) is 26.3. The van der Waals surface area contributed by atoms with Crippen molar-refractivity contribution in [3.63, 3.8) is 0 Å². The molecule has 0 saturated heterocycles. The van der Waals surface area contributed by atoms with E-state index in [2.05, 4.69) is 5.32 Å². The van der Waals surface area contributed by atoms with E-state index in [1.807, 2.05) is 91.9 Å². The molecule has 1 N–H and O–H groups in total. The Hall–Kier alpha value is -5.16. The van der Waals surface area contributed by atoms with E-state index in [0.29, 0.717) is 40.3 Å². The summed E-state index contributed by atoms with van der Waals surface area (Å²) in [6.45, 7) is 2.03. The van der Waals surface area contributed by atoms with Crippen molar-refractivity contribution in [2.75, 3.05) is 5.32 Å². The van der Waals surface area contributed by atoms with Crippen molar-refractivity contribution in [3.8, 4) is 34.1 Å². The zero-order valence-corrected chi connectivity index (χ0v) is 20.8. The van der Waals surface area contributed by atoms with E-state index >= 15 is 0 Å². The minimum absolute atomic E-state index is 0.311. The SMILES string of the molecule is Cc1ccc(Oc2cccc(Oc3ccc(NC(=O)c4ccc(-c5ccccc5)cc4C=O)cc3)c2)cc1. The minimum Gasteiger partial charge on any atom is -0.457 e. The quantitative estimate of drug-likeness (QED) is 0.218. The molecule has 5 rings (SSSR count). The summed E-state index contributed by atoms with van der Waals surface area (Å²) in [5, 5.41) is 2.85. The van der Waals surface area contributed by atoms with Gasteiger partial charge in [0, 0.05) is 17.3 Å². The first-order valence-electron chi connectivity index (χ1n) is 12.2. The molecule has 0 aliphatic heterocycles. The van der Waals surface area contributed by atoms with Gasteiger partial charge in [-0.2, -0.15) is 0 Å². The van der Waals surface area contributed by atoms with Crippen LogP contribution in [0.5, 0.6) is 23.0 Å². The molecule has 0 aliphatic rings. The summed E-state index contributed by atoms with van der Waals surface area (Å²) in [6, 6.07) is 37.2. The number of aryl methyl sites for hydroxylation is 1. The van der Waals surface area contributed by atoms with Crippen molar-refractivity contribution in [2.45, 2.75) is 6.92 Å². The van der Waals surface area contributed by atoms with Crippen LogP contribution in [0, 0.1) is 6.92 Å². The van der Waals surface area contributed by atoms with E-state index in [1.165, 1.54) is 5.56 Å². The zero-order valence-electron chi connectivity index (χ0n) is 20.8. The summed E-state index contributed by atoms with van der Waals surface area (Å²) in [5.41, 5.74) is 4.24. The molecule has 0 atom stereocenters. The summed E-state index contributed by atoms with van der Waals surface area (Å²) in [7, 11) is 0. The second-order valence-electron chi connectivity index (χ2n) is 8.76. The molecule has 5 nitrogen and oxygen atoms in total. The van der Waals surface area contributed by atoms with E-state index in [0.717, 1.165) is 16.9 Å². The van der Waals surface area contributed by atoms with Crippen molar-refractivity contribution in [1.29, 1.82) is 0 Å². The summed E-state index contributed by atoms with van der Waals surface area (Å²) in [6.07, 6.45) is 0.703. The average molecular weight is 500 g/mol. The highest BCUT2D eigenvalue weighted by atomic mass is 16.5. The van der Waals surface area contributed by atoms with Crippen LogP contribution < -0.4 is 14.8 Å². The standard InChI is InChI=1S/C33H25NO4/c1-23-10-15-28(16-11-23)37-30-8-5-9-31(21-30)38-29-17-13-27(14-18-29)34-33(36)32-19-12-25(20-26(32)22-35)24-6-3-2-4-7-24/h2-22H,1H3,(H,34,36). The van der Waals surface area contributed by atoms with Crippen LogP contribution in [-0.4, -0.2) is 12.2 Å². The molecule has 5 heteroatoms. The second kappa shape index (κ2) is 11.3. The third kappa shape index (κ3) is 5.97. The molecule has 0 spiro atoms. The molecule has 0 heterocycles. The van der Waals surface area contributed by atoms with Crippen LogP contribution in [0.2, 0.25) is 0 Å². The Morgan fingerprint density at radius 2 is 1.26 bits per heavy atom. The predicted octanol–water partition coefficient (Wildman–Crippen LogP) is 8.31. The predicted molar refractivity (Wildman–Crippen MR) is 149 cm³/mol. The number of amides is 1. The molecular formula is C33H25NO4. The molecule has 5 aromatic rings.